The maximum absolute atomic E-state index is 12.9. The Morgan fingerprint density at radius 1 is 0.793 bits per heavy atom. The second kappa shape index (κ2) is 9.59. The second-order valence-corrected chi connectivity index (χ2v) is 5.66. The fourth-order valence-electron chi connectivity index (χ4n) is 2.84. The first kappa shape index (κ1) is 21.7. The van der Waals surface area contributed by atoms with E-state index < -0.39 is 11.5 Å². The average Bonchev–Trinajstić information content (AvgIpc) is 2.75. The molecule has 156 valence electrons. The Kier molecular flexibility index (Phi) is 7.19. The van der Waals surface area contributed by atoms with Crippen LogP contribution in [-0.2, 0) is 0 Å². The first-order chi connectivity index (χ1) is 14.0. The fourth-order valence-corrected chi connectivity index (χ4v) is 2.84. The number of aromatic hydroxyl groups is 1. The molecule has 8 nitrogen and oxygen atoms in total. The normalized spacial score (nSPS) is 10.6. The molecule has 0 aliphatic carbocycles. The molecular formula is C21H24O8. The summed E-state index contributed by atoms with van der Waals surface area (Å²) in [6.45, 7) is 0. The Bertz CT molecular complexity index is 918. The summed E-state index contributed by atoms with van der Waals surface area (Å²) in [5, 5.41) is 10.6. The smallest absolute Gasteiger partial charge is 0.211 e. The quantitative estimate of drug-likeness (QED) is 0.503. The number of allylic oxidation sites excluding steroid dienone is 1. The Labute approximate surface area is 169 Å². The van der Waals surface area contributed by atoms with E-state index in [-0.39, 0.29) is 28.6 Å². The summed E-state index contributed by atoms with van der Waals surface area (Å²) < 4.78 is 31.6. The lowest BCUT2D eigenvalue weighted by Gasteiger charge is -2.19. The van der Waals surface area contributed by atoms with Crippen LogP contribution in [-0.4, -0.2) is 53.5 Å². The number of methoxy groups -OCH3 is 6. The molecule has 0 spiro atoms. The van der Waals surface area contributed by atoms with Gasteiger partial charge < -0.3 is 33.5 Å². The van der Waals surface area contributed by atoms with Crippen LogP contribution in [0, 0.1) is 0 Å². The molecular weight excluding hydrogens is 380 g/mol. The topological polar surface area (TPSA) is 92.7 Å². The predicted molar refractivity (Wildman–Crippen MR) is 107 cm³/mol. The minimum Gasteiger partial charge on any atom is -0.504 e. The van der Waals surface area contributed by atoms with Gasteiger partial charge in [0.25, 0.3) is 0 Å². The van der Waals surface area contributed by atoms with E-state index in [1.54, 1.807) is 31.4 Å². The summed E-state index contributed by atoms with van der Waals surface area (Å²) in [4.78, 5) is 12.9. The molecule has 0 bridgehead atoms. The van der Waals surface area contributed by atoms with Gasteiger partial charge in [-0.1, -0.05) is 0 Å². The maximum Gasteiger partial charge on any atom is 0.211 e. The highest BCUT2D eigenvalue weighted by Gasteiger charge is 2.30. The lowest BCUT2D eigenvalue weighted by molar-refractivity contribution is 0.104. The SMILES string of the molecule is COc1ccc(/C=C/C(=O)c2c(O)c(OC)c(OC)c(OC)c2OC)c(OC)c1. The second-order valence-electron chi connectivity index (χ2n) is 5.66. The van der Waals surface area contributed by atoms with Crippen molar-refractivity contribution in [2.45, 2.75) is 0 Å². The van der Waals surface area contributed by atoms with Gasteiger partial charge in [-0.2, -0.15) is 0 Å². The van der Waals surface area contributed by atoms with E-state index >= 15 is 0 Å². The fraction of sp³-hybridized carbons (Fsp3) is 0.286. The van der Waals surface area contributed by atoms with Crippen LogP contribution >= 0.6 is 0 Å². The van der Waals surface area contributed by atoms with Crippen LogP contribution < -0.4 is 28.4 Å². The Hall–Kier alpha value is -3.55. The maximum atomic E-state index is 12.9. The van der Waals surface area contributed by atoms with Gasteiger partial charge in [-0.25, -0.2) is 0 Å². The lowest BCUT2D eigenvalue weighted by Crippen LogP contribution is -2.06. The van der Waals surface area contributed by atoms with E-state index in [0.717, 1.165) is 0 Å². The van der Waals surface area contributed by atoms with E-state index in [0.29, 0.717) is 17.1 Å². The van der Waals surface area contributed by atoms with Gasteiger partial charge in [0.15, 0.2) is 17.3 Å². The summed E-state index contributed by atoms with van der Waals surface area (Å²) in [7, 11) is 8.54. The van der Waals surface area contributed by atoms with Crippen molar-refractivity contribution in [1.82, 2.24) is 0 Å². The number of hydrogen-bond donors (Lipinski definition) is 1. The molecule has 0 radical (unpaired) electrons. The zero-order valence-electron chi connectivity index (χ0n) is 17.2. The zero-order chi connectivity index (χ0) is 21.6. The van der Waals surface area contributed by atoms with Crippen LogP contribution in [0.15, 0.2) is 24.3 Å². The summed E-state index contributed by atoms with van der Waals surface area (Å²) in [6, 6.07) is 5.18. The van der Waals surface area contributed by atoms with Gasteiger partial charge in [0, 0.05) is 11.6 Å². The molecule has 0 amide bonds. The number of phenols is 1. The standard InChI is InChI=1S/C21H24O8/c1-24-13-9-7-12(15(11-13)25-2)8-10-14(22)16-17(23)19(27-4)21(29-6)20(28-5)18(16)26-3/h7-11,23H,1-6H3/b10-8+. The van der Waals surface area contributed by atoms with Crippen molar-refractivity contribution in [3.8, 4) is 40.2 Å². The molecule has 8 heteroatoms. The minimum absolute atomic E-state index is 0.0268. The van der Waals surface area contributed by atoms with Gasteiger partial charge in [0.2, 0.25) is 17.2 Å². The average molecular weight is 404 g/mol. The number of ketones is 1. The molecule has 0 fully saturated rings. The molecule has 0 heterocycles. The molecule has 0 aromatic heterocycles. The molecule has 0 aliphatic heterocycles. The zero-order valence-corrected chi connectivity index (χ0v) is 17.2. The summed E-state index contributed by atoms with van der Waals surface area (Å²) >= 11 is 0. The van der Waals surface area contributed by atoms with Crippen LogP contribution in [0.1, 0.15) is 15.9 Å². The first-order valence-electron chi connectivity index (χ1n) is 8.50. The number of hydrogen-bond acceptors (Lipinski definition) is 8. The number of carbonyl (C=O) groups excluding carboxylic acids is 1. The van der Waals surface area contributed by atoms with Crippen molar-refractivity contribution in [3.05, 3.63) is 35.4 Å². The van der Waals surface area contributed by atoms with Crippen LogP contribution in [0.3, 0.4) is 0 Å². The van der Waals surface area contributed by atoms with Crippen molar-refractivity contribution in [2.75, 3.05) is 42.7 Å². The van der Waals surface area contributed by atoms with E-state index in [9.17, 15) is 9.90 Å². The highest BCUT2D eigenvalue weighted by atomic mass is 16.5. The third-order valence-electron chi connectivity index (χ3n) is 4.22. The number of phenolic OH excluding ortho intramolecular Hbond substituents is 1. The monoisotopic (exact) mass is 404 g/mol. The predicted octanol–water partition coefficient (Wildman–Crippen LogP) is 3.34. The summed E-state index contributed by atoms with van der Waals surface area (Å²) in [6.07, 6.45) is 2.84. The van der Waals surface area contributed by atoms with Crippen LogP contribution in [0.2, 0.25) is 0 Å². The van der Waals surface area contributed by atoms with Gasteiger partial charge in [-0.15, -0.1) is 0 Å². The molecule has 2 aromatic rings. The largest absolute Gasteiger partial charge is 0.504 e. The molecule has 29 heavy (non-hydrogen) atoms. The molecule has 2 rings (SSSR count). The highest BCUT2D eigenvalue weighted by Crippen LogP contribution is 2.53. The lowest BCUT2D eigenvalue weighted by atomic mass is 10.0. The van der Waals surface area contributed by atoms with E-state index in [1.165, 1.54) is 41.6 Å². The first-order valence-corrected chi connectivity index (χ1v) is 8.50. The molecule has 0 saturated heterocycles. The van der Waals surface area contributed by atoms with Gasteiger partial charge in [-0.05, 0) is 24.3 Å². The van der Waals surface area contributed by atoms with Crippen LogP contribution in [0.25, 0.3) is 6.08 Å². The molecule has 0 aliphatic rings. The van der Waals surface area contributed by atoms with Crippen molar-refractivity contribution >= 4 is 11.9 Å². The van der Waals surface area contributed by atoms with Crippen LogP contribution in [0.4, 0.5) is 0 Å². The third-order valence-corrected chi connectivity index (χ3v) is 4.22. The summed E-state index contributed by atoms with van der Waals surface area (Å²) in [5.41, 5.74) is 0.526. The van der Waals surface area contributed by atoms with Gasteiger partial charge in [-0.3, -0.25) is 4.79 Å². The Morgan fingerprint density at radius 3 is 1.90 bits per heavy atom. The molecule has 0 saturated carbocycles. The van der Waals surface area contributed by atoms with Crippen molar-refractivity contribution in [3.63, 3.8) is 0 Å². The minimum atomic E-state index is -0.531. The van der Waals surface area contributed by atoms with Crippen molar-refractivity contribution < 1.29 is 38.3 Å². The van der Waals surface area contributed by atoms with Crippen molar-refractivity contribution in [1.29, 1.82) is 0 Å². The molecule has 2 aromatic carbocycles. The van der Waals surface area contributed by atoms with Crippen LogP contribution in [0.5, 0.6) is 40.2 Å². The number of rotatable bonds is 9. The van der Waals surface area contributed by atoms with Gasteiger partial charge in [0.1, 0.15) is 17.1 Å². The van der Waals surface area contributed by atoms with Gasteiger partial charge >= 0.3 is 0 Å². The van der Waals surface area contributed by atoms with E-state index in [2.05, 4.69) is 0 Å². The molecule has 1 N–H and O–H groups in total. The van der Waals surface area contributed by atoms with Crippen molar-refractivity contribution in [2.24, 2.45) is 0 Å². The third kappa shape index (κ3) is 4.16. The Balaban J connectivity index is 2.57. The van der Waals surface area contributed by atoms with Gasteiger partial charge in [0.05, 0.1) is 42.7 Å². The molecule has 0 unspecified atom stereocenters. The van der Waals surface area contributed by atoms with E-state index in [1.807, 2.05) is 0 Å². The Morgan fingerprint density at radius 2 is 1.38 bits per heavy atom. The summed E-state index contributed by atoms with van der Waals surface area (Å²) in [5.74, 6) is 0.423. The van der Waals surface area contributed by atoms with E-state index in [4.69, 9.17) is 28.4 Å². The highest BCUT2D eigenvalue weighted by molar-refractivity contribution is 6.12. The number of carbonyl (C=O) groups is 1. The number of benzene rings is 2. The molecule has 0 atom stereocenters. The number of ether oxygens (including phenoxy) is 6.